The van der Waals surface area contributed by atoms with E-state index in [1.54, 1.807) is 9.12 Å². The fourth-order valence-electron chi connectivity index (χ4n) is 4.81. The second-order valence-electron chi connectivity index (χ2n) is 7.88. The molecule has 0 bridgehead atoms. The van der Waals surface area contributed by atoms with Crippen molar-refractivity contribution in [3.8, 4) is 0 Å². The lowest BCUT2D eigenvalue weighted by Crippen LogP contribution is -2.47. The number of Topliss-reactive ketones (excluding diaryl/α,β-unsaturated/α-hetero) is 1. The molecule has 0 aromatic heterocycles. The molecule has 1 aliphatic carbocycles. The summed E-state index contributed by atoms with van der Waals surface area (Å²) in [6, 6.07) is 4.06. The summed E-state index contributed by atoms with van der Waals surface area (Å²) >= 11 is 0. The first-order valence-corrected chi connectivity index (χ1v) is 9.67. The van der Waals surface area contributed by atoms with Crippen LogP contribution in [0.1, 0.15) is 73.0 Å². The summed E-state index contributed by atoms with van der Waals surface area (Å²) in [5, 5.41) is 9.89. The molecular formula is C21H31O4P. The Hall–Kier alpha value is -1.54. The van der Waals surface area contributed by atoms with Crippen LogP contribution in [0.2, 0.25) is 0 Å². The molecule has 1 N–H and O–H groups in total. The van der Waals surface area contributed by atoms with Crippen LogP contribution < -0.4 is 0 Å². The summed E-state index contributed by atoms with van der Waals surface area (Å²) in [5.41, 5.74) is 3.06. The second kappa shape index (κ2) is 9.41. The van der Waals surface area contributed by atoms with Gasteiger partial charge in [-0.1, -0.05) is 50.8 Å². The van der Waals surface area contributed by atoms with E-state index in [0.29, 0.717) is 12.8 Å². The Labute approximate surface area is 159 Å². The van der Waals surface area contributed by atoms with E-state index >= 15 is 0 Å². The molecule has 1 unspecified atom stereocenters. The first-order chi connectivity index (χ1) is 12.2. The number of hydrogen-bond donors (Lipinski definition) is 1. The van der Waals surface area contributed by atoms with E-state index in [4.69, 9.17) is 4.57 Å². The minimum absolute atomic E-state index is 0.0540. The van der Waals surface area contributed by atoms with Crippen molar-refractivity contribution in [1.29, 1.82) is 0 Å². The standard InChI is InChI=1S/C21H30O3.HOP/c1-13(2)18(20(23)24)21(9-7-6-8-10-21)19(22)17-15(4)11-14(3)12-16(17)5;1-2/h11-13,18H,6-10H2,1-5H3,(H,23,24);2H. The summed E-state index contributed by atoms with van der Waals surface area (Å²) in [7, 11) is 1.72. The molecule has 1 atom stereocenters. The smallest absolute Gasteiger partial charge is 0.307 e. The first-order valence-electron chi connectivity index (χ1n) is 9.26. The number of carboxylic acid groups (broad SMARTS) is 1. The summed E-state index contributed by atoms with van der Waals surface area (Å²) in [6.45, 7) is 9.82. The zero-order chi connectivity index (χ0) is 20.1. The van der Waals surface area contributed by atoms with Gasteiger partial charge in [0.25, 0.3) is 0 Å². The molecule has 1 aromatic rings. The third-order valence-electron chi connectivity index (χ3n) is 5.63. The molecule has 0 heterocycles. The molecule has 0 spiro atoms. The molecular weight excluding hydrogens is 347 g/mol. The molecule has 0 aliphatic heterocycles. The fourth-order valence-corrected chi connectivity index (χ4v) is 4.81. The van der Waals surface area contributed by atoms with E-state index in [-0.39, 0.29) is 11.7 Å². The Morgan fingerprint density at radius 1 is 1.00 bits per heavy atom. The van der Waals surface area contributed by atoms with E-state index < -0.39 is 17.3 Å². The molecule has 1 fully saturated rings. The van der Waals surface area contributed by atoms with Gasteiger partial charge in [-0.05, 0) is 50.7 Å². The van der Waals surface area contributed by atoms with Gasteiger partial charge in [0.15, 0.2) is 5.78 Å². The zero-order valence-electron chi connectivity index (χ0n) is 16.5. The van der Waals surface area contributed by atoms with E-state index in [1.165, 1.54) is 0 Å². The average Bonchev–Trinajstić information content (AvgIpc) is 2.55. The Bertz CT molecular complexity index is 637. The normalized spacial score (nSPS) is 17.2. The minimum Gasteiger partial charge on any atom is -0.481 e. The number of aryl methyl sites for hydroxylation is 3. The Morgan fingerprint density at radius 2 is 1.46 bits per heavy atom. The van der Waals surface area contributed by atoms with Crippen molar-refractivity contribution in [3.63, 3.8) is 0 Å². The summed E-state index contributed by atoms with van der Waals surface area (Å²) < 4.78 is 8.06. The number of aliphatic carboxylic acids is 1. The van der Waals surface area contributed by atoms with Gasteiger partial charge < -0.3 is 5.11 Å². The van der Waals surface area contributed by atoms with Crippen molar-refractivity contribution in [3.05, 3.63) is 34.4 Å². The van der Waals surface area contributed by atoms with Crippen molar-refractivity contribution in [2.75, 3.05) is 0 Å². The molecule has 144 valence electrons. The largest absolute Gasteiger partial charge is 0.481 e. The molecule has 0 amide bonds. The van der Waals surface area contributed by atoms with Crippen molar-refractivity contribution >= 4 is 20.9 Å². The van der Waals surface area contributed by atoms with E-state index in [9.17, 15) is 14.7 Å². The highest BCUT2D eigenvalue weighted by atomic mass is 31.0. The topological polar surface area (TPSA) is 71.4 Å². The third-order valence-corrected chi connectivity index (χ3v) is 5.63. The van der Waals surface area contributed by atoms with E-state index in [0.717, 1.165) is 41.5 Å². The van der Waals surface area contributed by atoms with Crippen LogP contribution >= 0.6 is 9.12 Å². The van der Waals surface area contributed by atoms with Gasteiger partial charge in [-0.25, -0.2) is 0 Å². The van der Waals surface area contributed by atoms with Crippen LogP contribution in [-0.4, -0.2) is 16.9 Å². The van der Waals surface area contributed by atoms with Crippen LogP contribution in [0, 0.1) is 38.0 Å². The van der Waals surface area contributed by atoms with Gasteiger partial charge >= 0.3 is 5.97 Å². The fraction of sp³-hybridized carbons (Fsp3) is 0.619. The molecule has 1 saturated carbocycles. The number of carbonyl (C=O) groups excluding carboxylic acids is 1. The Morgan fingerprint density at radius 3 is 1.85 bits per heavy atom. The van der Waals surface area contributed by atoms with Crippen molar-refractivity contribution in [1.82, 2.24) is 0 Å². The maximum Gasteiger partial charge on any atom is 0.307 e. The lowest BCUT2D eigenvalue weighted by atomic mass is 9.58. The number of ketones is 1. The molecule has 2 rings (SSSR count). The average molecular weight is 378 g/mol. The second-order valence-corrected chi connectivity index (χ2v) is 7.88. The van der Waals surface area contributed by atoms with E-state index in [2.05, 4.69) is 0 Å². The van der Waals surface area contributed by atoms with Gasteiger partial charge in [0.1, 0.15) is 9.12 Å². The molecule has 0 saturated heterocycles. The van der Waals surface area contributed by atoms with Gasteiger partial charge in [-0.2, -0.15) is 0 Å². The Kier molecular flexibility index (Phi) is 8.15. The SMILES string of the molecule is Cc1cc(C)c(C(=O)C2(C(C(=O)O)C(C)C)CCCCC2)c(C)c1.O=P. The first kappa shape index (κ1) is 22.5. The molecule has 1 aromatic carbocycles. The summed E-state index contributed by atoms with van der Waals surface area (Å²) in [5.74, 6) is -1.46. The highest BCUT2D eigenvalue weighted by molar-refractivity contribution is 7.00. The van der Waals surface area contributed by atoms with Crippen LogP contribution in [-0.2, 0) is 9.36 Å². The minimum atomic E-state index is -0.831. The number of benzene rings is 1. The monoisotopic (exact) mass is 378 g/mol. The lowest BCUT2D eigenvalue weighted by Gasteiger charge is -2.42. The van der Waals surface area contributed by atoms with Gasteiger partial charge in [0.05, 0.1) is 5.92 Å². The van der Waals surface area contributed by atoms with Crippen molar-refractivity contribution in [2.24, 2.45) is 17.3 Å². The summed E-state index contributed by atoms with van der Waals surface area (Å²) in [4.78, 5) is 25.7. The van der Waals surface area contributed by atoms with Crippen LogP contribution in [0.5, 0.6) is 0 Å². The molecule has 5 heteroatoms. The quantitative estimate of drug-likeness (QED) is 0.536. The van der Waals surface area contributed by atoms with Crippen molar-refractivity contribution < 1.29 is 19.3 Å². The number of hydrogen-bond acceptors (Lipinski definition) is 3. The predicted octanol–water partition coefficient (Wildman–Crippen LogP) is 5.58. The number of rotatable bonds is 5. The maximum absolute atomic E-state index is 13.7. The molecule has 1 aliphatic rings. The Balaban J connectivity index is 0.00000163. The van der Waals surface area contributed by atoms with Crippen molar-refractivity contribution in [2.45, 2.75) is 66.7 Å². The number of carbonyl (C=O) groups is 2. The third kappa shape index (κ3) is 4.40. The van der Waals surface area contributed by atoms with Crippen LogP contribution in [0.4, 0.5) is 0 Å². The highest BCUT2D eigenvalue weighted by Crippen LogP contribution is 2.48. The van der Waals surface area contributed by atoms with Gasteiger partial charge in [0.2, 0.25) is 0 Å². The molecule has 0 radical (unpaired) electrons. The molecule has 4 nitrogen and oxygen atoms in total. The van der Waals surface area contributed by atoms with Gasteiger partial charge in [-0.15, -0.1) is 0 Å². The zero-order valence-corrected chi connectivity index (χ0v) is 17.5. The van der Waals surface area contributed by atoms with Gasteiger partial charge in [0, 0.05) is 11.0 Å². The maximum atomic E-state index is 13.7. The van der Waals surface area contributed by atoms with Crippen LogP contribution in [0.3, 0.4) is 0 Å². The predicted molar refractivity (Wildman–Crippen MR) is 105 cm³/mol. The number of carboxylic acids is 1. The lowest BCUT2D eigenvalue weighted by molar-refractivity contribution is -0.148. The van der Waals surface area contributed by atoms with Crippen LogP contribution in [0.25, 0.3) is 0 Å². The van der Waals surface area contributed by atoms with Gasteiger partial charge in [-0.3, -0.25) is 14.2 Å². The highest BCUT2D eigenvalue weighted by Gasteiger charge is 2.51. The van der Waals surface area contributed by atoms with E-state index in [1.807, 2.05) is 46.8 Å². The summed E-state index contributed by atoms with van der Waals surface area (Å²) in [6.07, 6.45) is 4.34. The van der Waals surface area contributed by atoms with Crippen LogP contribution in [0.15, 0.2) is 12.1 Å². The molecule has 26 heavy (non-hydrogen) atoms.